The van der Waals surface area contributed by atoms with Crippen molar-refractivity contribution in [1.82, 2.24) is 10.6 Å². The normalized spacial score (nSPS) is 11.9. The fourth-order valence-electron chi connectivity index (χ4n) is 2.55. The third kappa shape index (κ3) is 5.06. The first kappa shape index (κ1) is 17.9. The molecule has 4 N–H and O–H groups in total. The zero-order chi connectivity index (χ0) is 17.4. The van der Waals surface area contributed by atoms with Gasteiger partial charge in [-0.3, -0.25) is 9.59 Å². The van der Waals surface area contributed by atoms with Gasteiger partial charge in [0.05, 0.1) is 6.04 Å². The van der Waals surface area contributed by atoms with Crippen molar-refractivity contribution >= 4 is 22.6 Å². The van der Waals surface area contributed by atoms with Crippen molar-refractivity contribution < 1.29 is 9.59 Å². The Morgan fingerprint density at radius 3 is 2.46 bits per heavy atom. The van der Waals surface area contributed by atoms with Crippen LogP contribution in [0.5, 0.6) is 0 Å². The van der Waals surface area contributed by atoms with Crippen LogP contribution in [0.15, 0.2) is 42.5 Å². The molecule has 2 aromatic rings. The zero-order valence-electron chi connectivity index (χ0n) is 14.0. The summed E-state index contributed by atoms with van der Waals surface area (Å²) >= 11 is 0. The van der Waals surface area contributed by atoms with E-state index >= 15 is 0 Å². The Morgan fingerprint density at radius 1 is 1.04 bits per heavy atom. The van der Waals surface area contributed by atoms with Gasteiger partial charge in [0, 0.05) is 25.9 Å². The molecule has 0 heterocycles. The summed E-state index contributed by atoms with van der Waals surface area (Å²) in [4.78, 5) is 23.6. The van der Waals surface area contributed by atoms with Crippen LogP contribution in [-0.2, 0) is 9.59 Å². The molecule has 5 nitrogen and oxygen atoms in total. The van der Waals surface area contributed by atoms with Gasteiger partial charge in [-0.25, -0.2) is 0 Å². The Balaban J connectivity index is 1.95. The number of benzene rings is 2. The Kier molecular flexibility index (Phi) is 6.75. The second kappa shape index (κ2) is 9.03. The molecule has 24 heavy (non-hydrogen) atoms. The van der Waals surface area contributed by atoms with Crippen LogP contribution in [0.1, 0.15) is 37.8 Å². The summed E-state index contributed by atoms with van der Waals surface area (Å²) in [5.74, 6) is -0.257. The third-order valence-corrected chi connectivity index (χ3v) is 3.90. The number of fused-ring (bicyclic) bond motifs is 1. The van der Waals surface area contributed by atoms with Crippen LogP contribution in [0.25, 0.3) is 10.8 Å². The predicted octanol–water partition coefficient (Wildman–Crippen LogP) is 2.26. The van der Waals surface area contributed by atoms with E-state index in [-0.39, 0.29) is 30.7 Å². The summed E-state index contributed by atoms with van der Waals surface area (Å²) in [6.45, 7) is 2.94. The lowest BCUT2D eigenvalue weighted by Crippen LogP contribution is -2.34. The summed E-state index contributed by atoms with van der Waals surface area (Å²) in [6.07, 6.45) is 1.25. The van der Waals surface area contributed by atoms with Gasteiger partial charge in [0.2, 0.25) is 11.8 Å². The van der Waals surface area contributed by atoms with Crippen LogP contribution < -0.4 is 16.4 Å². The molecule has 0 fully saturated rings. The first-order valence-corrected chi connectivity index (χ1v) is 8.39. The SMILES string of the molecule is CCCNC(=O)CCC(=O)NC(CN)c1ccc2ccccc2c1. The number of nitrogens with one attached hydrogen (secondary N) is 2. The van der Waals surface area contributed by atoms with Gasteiger partial charge in [0.25, 0.3) is 0 Å². The van der Waals surface area contributed by atoms with Crippen molar-refractivity contribution in [3.63, 3.8) is 0 Å². The van der Waals surface area contributed by atoms with E-state index in [0.717, 1.165) is 22.8 Å². The van der Waals surface area contributed by atoms with Gasteiger partial charge >= 0.3 is 0 Å². The summed E-state index contributed by atoms with van der Waals surface area (Å²) in [5, 5.41) is 7.94. The molecule has 1 unspecified atom stereocenters. The van der Waals surface area contributed by atoms with Gasteiger partial charge < -0.3 is 16.4 Å². The smallest absolute Gasteiger partial charge is 0.221 e. The molecular weight excluding hydrogens is 302 g/mol. The average molecular weight is 327 g/mol. The highest BCUT2D eigenvalue weighted by atomic mass is 16.2. The van der Waals surface area contributed by atoms with E-state index < -0.39 is 0 Å². The summed E-state index contributed by atoms with van der Waals surface area (Å²) in [5.41, 5.74) is 6.80. The van der Waals surface area contributed by atoms with Crippen LogP contribution in [0.3, 0.4) is 0 Å². The largest absolute Gasteiger partial charge is 0.356 e. The maximum Gasteiger partial charge on any atom is 0.221 e. The number of rotatable bonds is 8. The quantitative estimate of drug-likeness (QED) is 0.695. The van der Waals surface area contributed by atoms with Crippen LogP contribution in [-0.4, -0.2) is 24.9 Å². The van der Waals surface area contributed by atoms with Crippen molar-refractivity contribution in [3.8, 4) is 0 Å². The van der Waals surface area contributed by atoms with E-state index in [1.165, 1.54) is 0 Å². The molecule has 0 aliphatic rings. The Bertz CT molecular complexity index is 700. The first-order chi connectivity index (χ1) is 11.6. The van der Waals surface area contributed by atoms with Gasteiger partial charge in [-0.15, -0.1) is 0 Å². The third-order valence-electron chi connectivity index (χ3n) is 3.90. The Labute approximate surface area is 142 Å². The van der Waals surface area contributed by atoms with E-state index in [2.05, 4.69) is 10.6 Å². The van der Waals surface area contributed by atoms with E-state index in [1.807, 2.05) is 49.4 Å². The summed E-state index contributed by atoms with van der Waals surface area (Å²) in [7, 11) is 0. The van der Waals surface area contributed by atoms with Crippen molar-refractivity contribution in [1.29, 1.82) is 0 Å². The number of carbonyl (C=O) groups excluding carboxylic acids is 2. The fraction of sp³-hybridized carbons (Fsp3) is 0.368. The molecule has 2 amide bonds. The van der Waals surface area contributed by atoms with E-state index in [0.29, 0.717) is 13.1 Å². The fourth-order valence-corrected chi connectivity index (χ4v) is 2.55. The van der Waals surface area contributed by atoms with Gasteiger partial charge in [0.1, 0.15) is 0 Å². The van der Waals surface area contributed by atoms with Crippen molar-refractivity contribution in [2.75, 3.05) is 13.1 Å². The highest BCUT2D eigenvalue weighted by molar-refractivity contribution is 5.85. The van der Waals surface area contributed by atoms with Gasteiger partial charge in [-0.1, -0.05) is 43.3 Å². The van der Waals surface area contributed by atoms with Crippen LogP contribution in [0.2, 0.25) is 0 Å². The lowest BCUT2D eigenvalue weighted by molar-refractivity contribution is -0.126. The standard InChI is InChI=1S/C19H25N3O2/c1-2-11-21-18(23)9-10-19(24)22-17(13-20)16-8-7-14-5-3-4-6-15(14)12-16/h3-8,12,17H,2,9-11,13,20H2,1H3,(H,21,23)(H,22,24). The first-order valence-electron chi connectivity index (χ1n) is 8.39. The molecule has 0 spiro atoms. The highest BCUT2D eigenvalue weighted by Crippen LogP contribution is 2.20. The Morgan fingerprint density at radius 2 is 1.75 bits per heavy atom. The van der Waals surface area contributed by atoms with E-state index in [9.17, 15) is 9.59 Å². The molecule has 0 bridgehead atoms. The molecule has 0 aliphatic carbocycles. The summed E-state index contributed by atoms with van der Waals surface area (Å²) < 4.78 is 0. The Hall–Kier alpha value is -2.40. The molecule has 1 atom stereocenters. The molecule has 2 aromatic carbocycles. The van der Waals surface area contributed by atoms with Crippen LogP contribution >= 0.6 is 0 Å². The molecule has 2 rings (SSSR count). The van der Waals surface area contributed by atoms with E-state index in [1.54, 1.807) is 0 Å². The molecule has 0 aliphatic heterocycles. The van der Waals surface area contributed by atoms with Crippen molar-refractivity contribution in [3.05, 3.63) is 48.0 Å². The average Bonchev–Trinajstić information content (AvgIpc) is 2.62. The molecule has 128 valence electrons. The van der Waals surface area contributed by atoms with Gasteiger partial charge in [0.15, 0.2) is 0 Å². The minimum Gasteiger partial charge on any atom is -0.356 e. The maximum absolute atomic E-state index is 12.1. The zero-order valence-corrected chi connectivity index (χ0v) is 14.0. The van der Waals surface area contributed by atoms with Crippen molar-refractivity contribution in [2.45, 2.75) is 32.2 Å². The molecule has 0 aromatic heterocycles. The molecule has 0 saturated carbocycles. The maximum atomic E-state index is 12.1. The summed E-state index contributed by atoms with van der Waals surface area (Å²) in [6, 6.07) is 13.9. The van der Waals surface area contributed by atoms with Crippen molar-refractivity contribution in [2.24, 2.45) is 5.73 Å². The number of hydrogen-bond donors (Lipinski definition) is 3. The number of carbonyl (C=O) groups is 2. The van der Waals surface area contributed by atoms with Gasteiger partial charge in [-0.2, -0.15) is 0 Å². The minimum absolute atomic E-state index is 0.0954. The van der Waals surface area contributed by atoms with E-state index in [4.69, 9.17) is 5.73 Å². The lowest BCUT2D eigenvalue weighted by Gasteiger charge is -2.18. The van der Waals surface area contributed by atoms with Gasteiger partial charge in [-0.05, 0) is 28.8 Å². The molecule has 0 radical (unpaired) electrons. The second-order valence-electron chi connectivity index (χ2n) is 5.81. The number of nitrogens with two attached hydrogens (primary N) is 1. The highest BCUT2D eigenvalue weighted by Gasteiger charge is 2.14. The van der Waals surface area contributed by atoms with Crippen LogP contribution in [0, 0.1) is 0 Å². The second-order valence-corrected chi connectivity index (χ2v) is 5.81. The number of amides is 2. The molecule has 0 saturated heterocycles. The minimum atomic E-state index is -0.249. The van der Waals surface area contributed by atoms with Crippen LogP contribution in [0.4, 0.5) is 0 Å². The predicted molar refractivity (Wildman–Crippen MR) is 96.4 cm³/mol. The molecule has 5 heteroatoms. The lowest BCUT2D eigenvalue weighted by atomic mass is 10.0. The molecular formula is C19H25N3O2. The topological polar surface area (TPSA) is 84.2 Å². The monoisotopic (exact) mass is 327 g/mol. The number of hydrogen-bond acceptors (Lipinski definition) is 3.